The topological polar surface area (TPSA) is 38.8 Å². The van der Waals surface area contributed by atoms with E-state index in [-0.39, 0.29) is 18.4 Å². The highest BCUT2D eigenvalue weighted by Gasteiger charge is 2.25. The molecule has 4 nitrogen and oxygen atoms in total. The molecule has 0 spiro atoms. The molecule has 6 heteroatoms. The normalized spacial score (nSPS) is 14.1. The van der Waals surface area contributed by atoms with Gasteiger partial charge in [-0.05, 0) is 42.3 Å². The summed E-state index contributed by atoms with van der Waals surface area (Å²) in [5.41, 5.74) is 2.59. The van der Waals surface area contributed by atoms with Crippen molar-refractivity contribution in [2.45, 2.75) is 6.42 Å². The predicted molar refractivity (Wildman–Crippen MR) is 140 cm³/mol. The number of ether oxygens (including phenoxy) is 2. The molecule has 0 bridgehead atoms. The summed E-state index contributed by atoms with van der Waals surface area (Å²) in [5, 5.41) is 1.03. The van der Waals surface area contributed by atoms with Gasteiger partial charge in [-0.15, -0.1) is 11.3 Å². The van der Waals surface area contributed by atoms with Crippen LogP contribution in [0.15, 0.2) is 72.8 Å². The Morgan fingerprint density at radius 1 is 1.03 bits per heavy atom. The zero-order valence-corrected chi connectivity index (χ0v) is 20.5. The van der Waals surface area contributed by atoms with E-state index in [4.69, 9.17) is 9.47 Å². The molecule has 1 fully saturated rings. The highest BCUT2D eigenvalue weighted by molar-refractivity contribution is 7.21. The molecule has 0 radical (unpaired) electrons. The number of rotatable bonds is 10. The summed E-state index contributed by atoms with van der Waals surface area (Å²) in [5.74, 6) is 1.81. The molecule has 35 heavy (non-hydrogen) atoms. The molecule has 3 aromatic carbocycles. The lowest BCUT2D eigenvalue weighted by molar-refractivity contribution is 0.0755. The van der Waals surface area contributed by atoms with Crippen molar-refractivity contribution in [3.63, 3.8) is 0 Å². The third-order valence-electron chi connectivity index (χ3n) is 6.42. The van der Waals surface area contributed by atoms with Crippen molar-refractivity contribution in [2.75, 3.05) is 40.0 Å². The molecular formula is C29H28FNO3S. The van der Waals surface area contributed by atoms with Crippen molar-refractivity contribution >= 4 is 27.2 Å². The van der Waals surface area contributed by atoms with Crippen molar-refractivity contribution in [1.82, 2.24) is 4.90 Å². The molecule has 5 rings (SSSR count). The first-order chi connectivity index (χ1) is 17.2. The van der Waals surface area contributed by atoms with Gasteiger partial charge in [-0.25, -0.2) is 0 Å². The van der Waals surface area contributed by atoms with E-state index in [1.54, 1.807) is 7.11 Å². The second-order valence-corrected chi connectivity index (χ2v) is 9.92. The molecular weight excluding hydrogens is 461 g/mol. The van der Waals surface area contributed by atoms with Crippen LogP contribution in [0.1, 0.15) is 21.7 Å². The molecule has 0 N–H and O–H groups in total. The first kappa shape index (κ1) is 23.5. The minimum Gasteiger partial charge on any atom is -0.497 e. The molecule has 1 aliphatic rings. The molecule has 0 aliphatic carbocycles. The molecule has 0 atom stereocenters. The van der Waals surface area contributed by atoms with E-state index in [2.05, 4.69) is 4.90 Å². The van der Waals surface area contributed by atoms with Gasteiger partial charge in [0, 0.05) is 46.8 Å². The highest BCUT2D eigenvalue weighted by Crippen LogP contribution is 2.41. The summed E-state index contributed by atoms with van der Waals surface area (Å²) in [7, 11) is 1.65. The average molecular weight is 490 g/mol. The van der Waals surface area contributed by atoms with Gasteiger partial charge in [0.25, 0.3) is 0 Å². The number of benzene rings is 3. The number of hydrogen-bond acceptors (Lipinski definition) is 5. The first-order valence-electron chi connectivity index (χ1n) is 11.9. The average Bonchev–Trinajstić information content (AvgIpc) is 3.26. The minimum absolute atomic E-state index is 0.0158. The van der Waals surface area contributed by atoms with Gasteiger partial charge in [0.05, 0.1) is 25.3 Å². The first-order valence-corrected chi connectivity index (χ1v) is 12.7. The van der Waals surface area contributed by atoms with Gasteiger partial charge in [0.1, 0.15) is 11.5 Å². The van der Waals surface area contributed by atoms with Crippen LogP contribution in [0.5, 0.6) is 11.5 Å². The summed E-state index contributed by atoms with van der Waals surface area (Å²) in [6.45, 7) is 3.05. The lowest BCUT2D eigenvalue weighted by atomic mass is 9.98. The number of carbonyl (C=O) groups excluding carboxylic acids is 1. The van der Waals surface area contributed by atoms with Gasteiger partial charge < -0.3 is 14.4 Å². The fourth-order valence-corrected chi connectivity index (χ4v) is 5.74. The molecule has 4 aromatic rings. The maximum Gasteiger partial charge on any atom is 0.203 e. The van der Waals surface area contributed by atoms with Gasteiger partial charge >= 0.3 is 0 Å². The molecule has 0 saturated carbocycles. The number of alkyl halides is 1. The van der Waals surface area contributed by atoms with Gasteiger partial charge in [0.15, 0.2) is 0 Å². The van der Waals surface area contributed by atoms with Crippen LogP contribution < -0.4 is 9.47 Å². The van der Waals surface area contributed by atoms with Crippen molar-refractivity contribution in [3.8, 4) is 22.6 Å². The van der Waals surface area contributed by atoms with Crippen LogP contribution in [0.3, 0.4) is 0 Å². The fraction of sp³-hybridized carbons (Fsp3) is 0.276. The van der Waals surface area contributed by atoms with Crippen molar-refractivity contribution < 1.29 is 18.7 Å². The zero-order valence-electron chi connectivity index (χ0n) is 19.7. The summed E-state index contributed by atoms with van der Waals surface area (Å²) >= 11 is 1.50. The number of methoxy groups -OCH3 is 1. The number of likely N-dealkylation sites (tertiary alicyclic amines) is 1. The van der Waals surface area contributed by atoms with Crippen LogP contribution in [0.4, 0.5) is 4.39 Å². The molecule has 0 unspecified atom stereocenters. The van der Waals surface area contributed by atoms with Gasteiger partial charge in [0.2, 0.25) is 5.78 Å². The number of fused-ring (bicyclic) bond motifs is 1. The summed E-state index contributed by atoms with van der Waals surface area (Å²) in [6.07, 6.45) is 0.910. The monoisotopic (exact) mass is 489 g/mol. The Balaban J connectivity index is 1.35. The Morgan fingerprint density at radius 2 is 1.77 bits per heavy atom. The standard InChI is InChI=1S/C29H28FNO3S/c1-33-24-12-13-25-26(16-24)35-29(28(32)22-6-3-2-4-7-22)27(25)21-8-10-23(11-9-21)34-15-5-14-31-18-20(17-30)19-31/h2-4,6-13,16,20H,5,14-15,17-19H2,1H3. The SMILES string of the molecule is COc1ccc2c(-c3ccc(OCCCN4CC(CF)C4)cc3)c(C(=O)c3ccccc3)sc2c1. The third-order valence-corrected chi connectivity index (χ3v) is 7.57. The Kier molecular flexibility index (Phi) is 7.11. The van der Waals surface area contributed by atoms with Crippen LogP contribution in [-0.2, 0) is 0 Å². The fourth-order valence-electron chi connectivity index (χ4n) is 4.52. The Hall–Kier alpha value is -3.22. The maximum atomic E-state index is 13.5. The summed E-state index contributed by atoms with van der Waals surface area (Å²) in [4.78, 5) is 16.4. The largest absolute Gasteiger partial charge is 0.497 e. The third kappa shape index (κ3) is 5.09. The predicted octanol–water partition coefficient (Wildman–Crippen LogP) is 6.48. The Labute approximate surface area is 208 Å². The number of nitrogens with zero attached hydrogens (tertiary/aromatic N) is 1. The smallest absolute Gasteiger partial charge is 0.203 e. The van der Waals surface area contributed by atoms with E-state index < -0.39 is 0 Å². The lowest BCUT2D eigenvalue weighted by Crippen LogP contribution is -2.48. The number of thiophene rings is 1. The zero-order chi connectivity index (χ0) is 24.2. The Morgan fingerprint density at radius 3 is 2.49 bits per heavy atom. The van der Waals surface area contributed by atoms with E-state index in [0.717, 1.165) is 58.8 Å². The maximum absolute atomic E-state index is 13.5. The number of ketones is 1. The molecule has 1 aliphatic heterocycles. The van der Waals surface area contributed by atoms with Crippen LogP contribution in [0, 0.1) is 5.92 Å². The highest BCUT2D eigenvalue weighted by atomic mass is 32.1. The van der Waals surface area contributed by atoms with E-state index >= 15 is 0 Å². The lowest BCUT2D eigenvalue weighted by Gasteiger charge is -2.37. The van der Waals surface area contributed by atoms with Gasteiger partial charge in [-0.3, -0.25) is 9.18 Å². The number of carbonyl (C=O) groups is 1. The van der Waals surface area contributed by atoms with Crippen LogP contribution in [0.25, 0.3) is 21.2 Å². The summed E-state index contributed by atoms with van der Waals surface area (Å²) in [6, 6.07) is 23.3. The van der Waals surface area contributed by atoms with Crippen LogP contribution >= 0.6 is 11.3 Å². The molecule has 2 heterocycles. The summed E-state index contributed by atoms with van der Waals surface area (Å²) < 4.78 is 24.9. The van der Waals surface area contributed by atoms with Crippen molar-refractivity contribution in [3.05, 3.63) is 83.2 Å². The second-order valence-electron chi connectivity index (χ2n) is 8.87. The van der Waals surface area contributed by atoms with E-state index in [9.17, 15) is 9.18 Å². The molecule has 1 saturated heterocycles. The Bertz CT molecular complexity index is 1300. The van der Waals surface area contributed by atoms with E-state index in [1.807, 2.05) is 72.8 Å². The number of hydrogen-bond donors (Lipinski definition) is 0. The van der Waals surface area contributed by atoms with Crippen LogP contribution in [-0.4, -0.2) is 50.7 Å². The second kappa shape index (κ2) is 10.6. The van der Waals surface area contributed by atoms with Gasteiger partial charge in [-0.2, -0.15) is 0 Å². The van der Waals surface area contributed by atoms with E-state index in [0.29, 0.717) is 17.0 Å². The van der Waals surface area contributed by atoms with Crippen LogP contribution in [0.2, 0.25) is 0 Å². The molecule has 0 amide bonds. The molecule has 1 aromatic heterocycles. The van der Waals surface area contributed by atoms with Crippen molar-refractivity contribution in [2.24, 2.45) is 5.92 Å². The minimum atomic E-state index is -0.217. The van der Waals surface area contributed by atoms with E-state index in [1.165, 1.54) is 11.3 Å². The number of halogens is 1. The quantitative estimate of drug-likeness (QED) is 0.189. The molecule has 180 valence electrons. The van der Waals surface area contributed by atoms with Gasteiger partial charge in [-0.1, -0.05) is 42.5 Å². The van der Waals surface area contributed by atoms with Crippen molar-refractivity contribution in [1.29, 1.82) is 0 Å².